The molecule has 1 aromatic carbocycles. The van der Waals surface area contributed by atoms with Crippen molar-refractivity contribution in [2.24, 2.45) is 0 Å². The van der Waals surface area contributed by atoms with Crippen molar-refractivity contribution in [3.63, 3.8) is 0 Å². The molecule has 90 valence electrons. The van der Waals surface area contributed by atoms with Gasteiger partial charge in [0.05, 0.1) is 4.83 Å². The van der Waals surface area contributed by atoms with E-state index in [9.17, 15) is 9.59 Å². The first kappa shape index (κ1) is 12.3. The van der Waals surface area contributed by atoms with E-state index in [-0.39, 0.29) is 22.9 Å². The molecule has 1 aromatic rings. The van der Waals surface area contributed by atoms with Crippen LogP contribution in [0.25, 0.3) is 0 Å². The second-order valence-corrected chi connectivity index (χ2v) is 5.29. The number of carbonyl (C=O) groups excluding carboxylic acids is 2. The van der Waals surface area contributed by atoms with E-state index >= 15 is 0 Å². The fraction of sp³-hybridized carbons (Fsp3) is 0.385. The largest absolute Gasteiger partial charge is 0.338 e. The Morgan fingerprint density at radius 3 is 2.65 bits per heavy atom. The van der Waals surface area contributed by atoms with Crippen LogP contribution in [0, 0.1) is 0 Å². The maximum Gasteiger partial charge on any atom is 0.224 e. The van der Waals surface area contributed by atoms with Crippen molar-refractivity contribution >= 4 is 27.6 Å². The number of Topliss-reactive ketones (excluding diaryl/α,β-unsaturated/α-hetero) is 1. The SMILES string of the molecule is O=C1CCN(Cc2ccccc2)C(=O)CC1Br. The molecule has 1 aliphatic rings. The Morgan fingerprint density at radius 2 is 1.94 bits per heavy atom. The van der Waals surface area contributed by atoms with Crippen molar-refractivity contribution in [1.82, 2.24) is 4.90 Å². The van der Waals surface area contributed by atoms with Crippen LogP contribution in [0.1, 0.15) is 18.4 Å². The molecule has 0 N–H and O–H groups in total. The molecule has 2 rings (SSSR count). The number of carbonyl (C=O) groups is 2. The minimum absolute atomic E-state index is 0.0431. The highest BCUT2D eigenvalue weighted by molar-refractivity contribution is 9.10. The Morgan fingerprint density at radius 1 is 1.24 bits per heavy atom. The van der Waals surface area contributed by atoms with E-state index in [4.69, 9.17) is 0 Å². The third-order valence-corrected chi connectivity index (χ3v) is 3.73. The van der Waals surface area contributed by atoms with Crippen molar-refractivity contribution in [2.75, 3.05) is 6.54 Å². The lowest BCUT2D eigenvalue weighted by atomic mass is 10.2. The third kappa shape index (κ3) is 3.16. The van der Waals surface area contributed by atoms with E-state index in [1.807, 2.05) is 30.3 Å². The summed E-state index contributed by atoms with van der Waals surface area (Å²) in [6, 6.07) is 9.84. The van der Waals surface area contributed by atoms with Crippen LogP contribution >= 0.6 is 15.9 Å². The van der Waals surface area contributed by atoms with Gasteiger partial charge in [-0.25, -0.2) is 0 Å². The van der Waals surface area contributed by atoms with Crippen molar-refractivity contribution < 1.29 is 9.59 Å². The van der Waals surface area contributed by atoms with E-state index in [1.165, 1.54) is 0 Å². The number of halogens is 1. The molecule has 4 heteroatoms. The van der Waals surface area contributed by atoms with Crippen LogP contribution in [0.5, 0.6) is 0 Å². The van der Waals surface area contributed by atoms with Crippen LogP contribution in [0.15, 0.2) is 30.3 Å². The number of rotatable bonds is 2. The van der Waals surface area contributed by atoms with Crippen molar-refractivity contribution in [1.29, 1.82) is 0 Å². The molecule has 1 heterocycles. The molecule has 0 spiro atoms. The van der Waals surface area contributed by atoms with Gasteiger partial charge >= 0.3 is 0 Å². The van der Waals surface area contributed by atoms with Gasteiger partial charge in [-0.2, -0.15) is 0 Å². The summed E-state index contributed by atoms with van der Waals surface area (Å²) >= 11 is 3.26. The summed E-state index contributed by atoms with van der Waals surface area (Å²) in [6.07, 6.45) is 0.708. The molecule has 1 saturated heterocycles. The molecular weight excluding hydrogens is 282 g/mol. The quantitative estimate of drug-likeness (QED) is 0.784. The smallest absolute Gasteiger partial charge is 0.224 e. The molecule has 1 unspecified atom stereocenters. The van der Waals surface area contributed by atoms with Crippen LogP contribution in [-0.2, 0) is 16.1 Å². The number of ketones is 1. The summed E-state index contributed by atoms with van der Waals surface area (Å²) in [4.78, 5) is 24.9. The number of hydrogen-bond donors (Lipinski definition) is 0. The molecule has 0 radical (unpaired) electrons. The van der Waals surface area contributed by atoms with Gasteiger partial charge in [0.2, 0.25) is 5.91 Å². The second-order valence-electron chi connectivity index (χ2n) is 4.19. The minimum atomic E-state index is -0.309. The number of benzene rings is 1. The fourth-order valence-corrected chi connectivity index (χ4v) is 2.40. The van der Waals surface area contributed by atoms with E-state index in [0.717, 1.165) is 5.56 Å². The summed E-state index contributed by atoms with van der Waals surface area (Å²) < 4.78 is 0. The predicted octanol–water partition coefficient (Wildman–Crippen LogP) is 2.14. The van der Waals surface area contributed by atoms with Crippen LogP contribution in [0.3, 0.4) is 0 Å². The molecule has 3 nitrogen and oxygen atoms in total. The summed E-state index contributed by atoms with van der Waals surface area (Å²) in [5.41, 5.74) is 1.10. The minimum Gasteiger partial charge on any atom is -0.338 e. The molecule has 0 bridgehead atoms. The molecule has 0 aromatic heterocycles. The Bertz CT molecular complexity index is 419. The zero-order valence-corrected chi connectivity index (χ0v) is 11.0. The first-order valence-corrected chi connectivity index (χ1v) is 6.57. The average molecular weight is 296 g/mol. The Balaban J connectivity index is 2.06. The van der Waals surface area contributed by atoms with Gasteiger partial charge in [-0.1, -0.05) is 46.3 Å². The molecule has 17 heavy (non-hydrogen) atoms. The molecular formula is C13H14BrNO2. The molecule has 0 aliphatic carbocycles. The molecule has 1 atom stereocenters. The Hall–Kier alpha value is -1.16. The second kappa shape index (κ2) is 5.45. The van der Waals surface area contributed by atoms with Crippen LogP contribution in [0.4, 0.5) is 0 Å². The van der Waals surface area contributed by atoms with Crippen molar-refractivity contribution in [3.8, 4) is 0 Å². The third-order valence-electron chi connectivity index (χ3n) is 2.90. The van der Waals surface area contributed by atoms with Gasteiger partial charge in [0, 0.05) is 25.9 Å². The van der Waals surface area contributed by atoms with Gasteiger partial charge in [0.25, 0.3) is 0 Å². The standard InChI is InChI=1S/C13H14BrNO2/c14-11-8-13(17)15(7-6-12(11)16)9-10-4-2-1-3-5-10/h1-5,11H,6-9H2. The van der Waals surface area contributed by atoms with Crippen LogP contribution < -0.4 is 0 Å². The number of amides is 1. The molecule has 1 amide bonds. The zero-order chi connectivity index (χ0) is 12.3. The summed E-state index contributed by atoms with van der Waals surface area (Å²) in [5, 5.41) is 0. The zero-order valence-electron chi connectivity index (χ0n) is 9.43. The first-order chi connectivity index (χ1) is 8.16. The predicted molar refractivity (Wildman–Crippen MR) is 68.8 cm³/mol. The number of likely N-dealkylation sites (tertiary alicyclic amines) is 1. The van der Waals surface area contributed by atoms with Gasteiger partial charge in [-0.15, -0.1) is 0 Å². The van der Waals surface area contributed by atoms with Crippen molar-refractivity contribution in [3.05, 3.63) is 35.9 Å². The molecule has 1 aliphatic heterocycles. The lowest BCUT2D eigenvalue weighted by Crippen LogP contribution is -2.30. The topological polar surface area (TPSA) is 37.4 Å². The number of alkyl halides is 1. The molecule has 0 saturated carbocycles. The van der Waals surface area contributed by atoms with Gasteiger partial charge in [-0.05, 0) is 5.56 Å². The van der Waals surface area contributed by atoms with Crippen LogP contribution in [-0.4, -0.2) is 28.0 Å². The van der Waals surface area contributed by atoms with E-state index in [1.54, 1.807) is 4.90 Å². The van der Waals surface area contributed by atoms with Gasteiger partial charge in [-0.3, -0.25) is 9.59 Å². The van der Waals surface area contributed by atoms with Gasteiger partial charge in [0.1, 0.15) is 5.78 Å². The van der Waals surface area contributed by atoms with Crippen LogP contribution in [0.2, 0.25) is 0 Å². The Labute approximate surface area is 109 Å². The van der Waals surface area contributed by atoms with Gasteiger partial charge < -0.3 is 4.90 Å². The lowest BCUT2D eigenvalue weighted by molar-refractivity contribution is -0.131. The van der Waals surface area contributed by atoms with Gasteiger partial charge in [0.15, 0.2) is 0 Å². The highest BCUT2D eigenvalue weighted by Crippen LogP contribution is 2.17. The van der Waals surface area contributed by atoms with E-state index in [2.05, 4.69) is 15.9 Å². The average Bonchev–Trinajstić information content (AvgIpc) is 2.44. The summed E-state index contributed by atoms with van der Waals surface area (Å²) in [5.74, 6) is 0.162. The Kier molecular flexibility index (Phi) is 3.94. The van der Waals surface area contributed by atoms with E-state index in [0.29, 0.717) is 19.5 Å². The first-order valence-electron chi connectivity index (χ1n) is 5.65. The summed E-state index contributed by atoms with van der Waals surface area (Å²) in [7, 11) is 0. The van der Waals surface area contributed by atoms with E-state index < -0.39 is 0 Å². The maximum atomic E-state index is 11.9. The maximum absolute atomic E-state index is 11.9. The fourth-order valence-electron chi connectivity index (χ4n) is 1.89. The summed E-state index contributed by atoms with van der Waals surface area (Å²) in [6.45, 7) is 1.11. The van der Waals surface area contributed by atoms with Crippen molar-refractivity contribution in [2.45, 2.75) is 24.2 Å². The monoisotopic (exact) mass is 295 g/mol. The molecule has 1 fully saturated rings. The number of nitrogens with zero attached hydrogens (tertiary/aromatic N) is 1. The highest BCUT2D eigenvalue weighted by atomic mass is 79.9. The normalized spacial score (nSPS) is 21.5. The highest BCUT2D eigenvalue weighted by Gasteiger charge is 2.27. The number of hydrogen-bond acceptors (Lipinski definition) is 2. The lowest BCUT2D eigenvalue weighted by Gasteiger charge is -2.20.